The third-order valence-corrected chi connectivity index (χ3v) is 2.41. The highest BCUT2D eigenvalue weighted by Gasteiger charge is 2.08. The molecule has 0 aliphatic rings. The van der Waals surface area contributed by atoms with Crippen molar-refractivity contribution in [1.29, 1.82) is 0 Å². The number of carbonyl (C=O) groups excluding carboxylic acids is 1. The van der Waals surface area contributed by atoms with Crippen LogP contribution in [0.15, 0.2) is 21.9 Å². The van der Waals surface area contributed by atoms with E-state index in [9.17, 15) is 14.4 Å². The van der Waals surface area contributed by atoms with Crippen molar-refractivity contribution in [1.82, 2.24) is 14.9 Å². The fraction of sp³-hybridized carbons (Fsp3) is 0.545. The lowest BCUT2D eigenvalue weighted by atomic mass is 10.2. The largest absolute Gasteiger partial charge is 0.396 e. The molecule has 1 atom stereocenters. The topological polar surface area (TPSA) is 104 Å². The molecule has 0 radical (unpaired) electrons. The van der Waals surface area contributed by atoms with E-state index in [1.165, 1.54) is 12.3 Å². The molecule has 18 heavy (non-hydrogen) atoms. The van der Waals surface area contributed by atoms with E-state index < -0.39 is 11.2 Å². The van der Waals surface area contributed by atoms with E-state index in [0.29, 0.717) is 12.8 Å². The van der Waals surface area contributed by atoms with Gasteiger partial charge in [-0.3, -0.25) is 19.1 Å². The SMILES string of the molecule is CC(CCCO)NC(=O)Cn1ccc(=O)[nH]c1=O. The van der Waals surface area contributed by atoms with Gasteiger partial charge in [-0.25, -0.2) is 4.79 Å². The number of aliphatic hydroxyl groups is 1. The van der Waals surface area contributed by atoms with Crippen molar-refractivity contribution in [2.24, 2.45) is 0 Å². The van der Waals surface area contributed by atoms with Gasteiger partial charge in [0.15, 0.2) is 0 Å². The first kappa shape index (κ1) is 14.2. The number of hydrogen-bond donors (Lipinski definition) is 3. The first-order valence-electron chi connectivity index (χ1n) is 5.73. The molecule has 0 aliphatic heterocycles. The smallest absolute Gasteiger partial charge is 0.328 e. The molecule has 0 aliphatic carbocycles. The molecule has 0 saturated carbocycles. The van der Waals surface area contributed by atoms with Gasteiger partial charge in [0.1, 0.15) is 6.54 Å². The molecule has 0 spiro atoms. The summed E-state index contributed by atoms with van der Waals surface area (Å²) in [5, 5.41) is 11.4. The second-order valence-corrected chi connectivity index (χ2v) is 4.07. The lowest BCUT2D eigenvalue weighted by molar-refractivity contribution is -0.122. The minimum Gasteiger partial charge on any atom is -0.396 e. The average molecular weight is 255 g/mol. The number of aliphatic hydroxyl groups excluding tert-OH is 1. The summed E-state index contributed by atoms with van der Waals surface area (Å²) in [5.74, 6) is -0.311. The van der Waals surface area contributed by atoms with Gasteiger partial charge in [-0.05, 0) is 19.8 Å². The standard InChI is InChI=1S/C11H17N3O4/c1-8(3-2-6-15)12-10(17)7-14-5-4-9(16)13-11(14)18/h4-5,8,15H,2-3,6-7H2,1H3,(H,12,17)(H,13,16,18). The van der Waals surface area contributed by atoms with Gasteiger partial charge in [0.05, 0.1) is 0 Å². The lowest BCUT2D eigenvalue weighted by Gasteiger charge is -2.13. The molecule has 0 bridgehead atoms. The Bertz CT molecular complexity index is 506. The van der Waals surface area contributed by atoms with E-state index in [1.807, 2.05) is 6.92 Å². The molecule has 0 aromatic carbocycles. The van der Waals surface area contributed by atoms with Crippen LogP contribution in [0.3, 0.4) is 0 Å². The van der Waals surface area contributed by atoms with Gasteiger partial charge < -0.3 is 10.4 Å². The van der Waals surface area contributed by atoms with E-state index in [4.69, 9.17) is 5.11 Å². The lowest BCUT2D eigenvalue weighted by Crippen LogP contribution is -2.39. The maximum Gasteiger partial charge on any atom is 0.328 e. The van der Waals surface area contributed by atoms with E-state index in [-0.39, 0.29) is 25.1 Å². The van der Waals surface area contributed by atoms with Gasteiger partial charge >= 0.3 is 5.69 Å². The Hall–Kier alpha value is -1.89. The van der Waals surface area contributed by atoms with Crippen molar-refractivity contribution in [3.05, 3.63) is 33.1 Å². The number of hydrogen-bond acceptors (Lipinski definition) is 4. The first-order valence-corrected chi connectivity index (χ1v) is 5.73. The molecule has 1 aromatic rings. The molecule has 0 fully saturated rings. The van der Waals surface area contributed by atoms with Crippen molar-refractivity contribution >= 4 is 5.91 Å². The molecule has 7 nitrogen and oxygen atoms in total. The summed E-state index contributed by atoms with van der Waals surface area (Å²) in [7, 11) is 0. The number of carbonyl (C=O) groups is 1. The van der Waals surface area contributed by atoms with Crippen LogP contribution in [-0.2, 0) is 11.3 Å². The van der Waals surface area contributed by atoms with Gasteiger partial charge in [-0.1, -0.05) is 0 Å². The van der Waals surface area contributed by atoms with Gasteiger partial charge in [0, 0.05) is 24.9 Å². The molecular formula is C11H17N3O4. The number of nitrogens with zero attached hydrogens (tertiary/aromatic N) is 1. The van der Waals surface area contributed by atoms with E-state index in [1.54, 1.807) is 0 Å². The van der Waals surface area contributed by atoms with Crippen LogP contribution in [0.25, 0.3) is 0 Å². The van der Waals surface area contributed by atoms with Crippen LogP contribution in [0.1, 0.15) is 19.8 Å². The number of nitrogens with one attached hydrogen (secondary N) is 2. The van der Waals surface area contributed by atoms with E-state index in [0.717, 1.165) is 4.57 Å². The predicted molar refractivity (Wildman–Crippen MR) is 65.2 cm³/mol. The number of H-pyrrole nitrogens is 1. The van der Waals surface area contributed by atoms with Crippen molar-refractivity contribution in [3.63, 3.8) is 0 Å². The average Bonchev–Trinajstić information content (AvgIpc) is 2.30. The fourth-order valence-electron chi connectivity index (χ4n) is 1.51. The second-order valence-electron chi connectivity index (χ2n) is 4.07. The molecule has 1 amide bonds. The summed E-state index contributed by atoms with van der Waals surface area (Å²) in [6.07, 6.45) is 2.56. The molecular weight excluding hydrogens is 238 g/mol. The third kappa shape index (κ3) is 4.54. The number of aromatic amines is 1. The van der Waals surface area contributed by atoms with Crippen LogP contribution in [0.5, 0.6) is 0 Å². The van der Waals surface area contributed by atoms with Crippen molar-refractivity contribution in [3.8, 4) is 0 Å². The monoisotopic (exact) mass is 255 g/mol. The summed E-state index contributed by atoms with van der Waals surface area (Å²) in [6, 6.07) is 1.12. The highest BCUT2D eigenvalue weighted by Crippen LogP contribution is 1.95. The van der Waals surface area contributed by atoms with Crippen molar-refractivity contribution < 1.29 is 9.90 Å². The Labute approximate surface area is 103 Å². The first-order chi connectivity index (χ1) is 8.52. The zero-order valence-corrected chi connectivity index (χ0v) is 10.2. The van der Waals surface area contributed by atoms with Crippen LogP contribution < -0.4 is 16.6 Å². The Kier molecular flexibility index (Phi) is 5.31. The third-order valence-electron chi connectivity index (χ3n) is 2.41. The molecule has 3 N–H and O–H groups in total. The van der Waals surface area contributed by atoms with Crippen molar-refractivity contribution in [2.45, 2.75) is 32.4 Å². The fourth-order valence-corrected chi connectivity index (χ4v) is 1.51. The van der Waals surface area contributed by atoms with Gasteiger partial charge in [-0.2, -0.15) is 0 Å². The van der Waals surface area contributed by atoms with Crippen LogP contribution in [0.4, 0.5) is 0 Å². The Morgan fingerprint density at radius 2 is 2.28 bits per heavy atom. The summed E-state index contributed by atoms with van der Waals surface area (Å²) in [5.41, 5.74) is -1.10. The Balaban J connectivity index is 2.54. The molecule has 100 valence electrons. The molecule has 1 unspecified atom stereocenters. The maximum absolute atomic E-state index is 11.6. The van der Waals surface area contributed by atoms with Gasteiger partial charge in [0.2, 0.25) is 5.91 Å². The molecule has 1 aromatic heterocycles. The normalized spacial score (nSPS) is 12.1. The van der Waals surface area contributed by atoms with E-state index >= 15 is 0 Å². The Morgan fingerprint density at radius 3 is 2.89 bits per heavy atom. The molecule has 1 heterocycles. The maximum atomic E-state index is 11.6. The van der Waals surface area contributed by atoms with Crippen molar-refractivity contribution in [2.75, 3.05) is 6.61 Å². The highest BCUT2D eigenvalue weighted by atomic mass is 16.3. The quantitative estimate of drug-likeness (QED) is 0.594. The Morgan fingerprint density at radius 1 is 1.56 bits per heavy atom. The van der Waals surface area contributed by atoms with Gasteiger partial charge in [-0.15, -0.1) is 0 Å². The zero-order chi connectivity index (χ0) is 13.5. The van der Waals surface area contributed by atoms with Crippen LogP contribution >= 0.6 is 0 Å². The van der Waals surface area contributed by atoms with Crippen LogP contribution in [0.2, 0.25) is 0 Å². The zero-order valence-electron chi connectivity index (χ0n) is 10.2. The van der Waals surface area contributed by atoms with Gasteiger partial charge in [0.25, 0.3) is 5.56 Å². The van der Waals surface area contributed by atoms with E-state index in [2.05, 4.69) is 10.3 Å². The summed E-state index contributed by atoms with van der Waals surface area (Å²) in [4.78, 5) is 35.8. The summed E-state index contributed by atoms with van der Waals surface area (Å²) < 4.78 is 1.12. The molecule has 0 saturated heterocycles. The minimum atomic E-state index is -0.610. The summed E-state index contributed by atoms with van der Waals surface area (Å²) in [6.45, 7) is 1.77. The summed E-state index contributed by atoms with van der Waals surface area (Å²) >= 11 is 0. The second kappa shape index (κ2) is 6.75. The highest BCUT2D eigenvalue weighted by molar-refractivity contribution is 5.75. The molecule has 7 heteroatoms. The number of rotatable bonds is 6. The van der Waals surface area contributed by atoms with Crippen LogP contribution in [0, 0.1) is 0 Å². The van der Waals surface area contributed by atoms with Crippen LogP contribution in [-0.4, -0.2) is 33.2 Å². The number of amides is 1. The molecule has 1 rings (SSSR count). The minimum absolute atomic E-state index is 0.0666. The predicted octanol–water partition coefficient (Wildman–Crippen LogP) is -1.19. The number of aromatic nitrogens is 2.